The molecule has 1 fully saturated rings. The van der Waals surface area contributed by atoms with Crippen molar-refractivity contribution in [2.24, 2.45) is 0 Å². The summed E-state index contributed by atoms with van der Waals surface area (Å²) in [5.74, 6) is -1.16. The van der Waals surface area contributed by atoms with E-state index in [0.717, 1.165) is 19.3 Å². The molecule has 1 aromatic rings. The number of carboxylic acid groups (broad SMARTS) is 1. The molecule has 1 saturated carbocycles. The van der Waals surface area contributed by atoms with Crippen molar-refractivity contribution in [1.82, 2.24) is 4.72 Å². The molecule has 5 nitrogen and oxygen atoms in total. The van der Waals surface area contributed by atoms with E-state index in [0.29, 0.717) is 17.7 Å². The lowest BCUT2D eigenvalue weighted by atomic mass is 10.0. The Kier molecular flexibility index (Phi) is 4.59. The van der Waals surface area contributed by atoms with Crippen LogP contribution in [0.4, 0.5) is 0 Å². The predicted octanol–water partition coefficient (Wildman–Crippen LogP) is 2.13. The second-order valence-corrected chi connectivity index (χ2v) is 7.68. The van der Waals surface area contributed by atoms with Crippen LogP contribution in [0.15, 0.2) is 17.5 Å². The average Bonchev–Trinajstić information content (AvgIpc) is 2.90. The van der Waals surface area contributed by atoms with Crippen LogP contribution in [0.5, 0.6) is 0 Å². The maximum atomic E-state index is 12.2. The first-order valence-corrected chi connectivity index (χ1v) is 8.70. The van der Waals surface area contributed by atoms with Crippen LogP contribution in [-0.4, -0.2) is 24.7 Å². The van der Waals surface area contributed by atoms with Gasteiger partial charge in [0.05, 0.1) is 5.25 Å². The van der Waals surface area contributed by atoms with Gasteiger partial charge >= 0.3 is 5.97 Å². The number of carboxylic acids is 1. The lowest BCUT2D eigenvalue weighted by Gasteiger charge is -2.23. The van der Waals surface area contributed by atoms with Gasteiger partial charge in [0.15, 0.2) is 6.04 Å². The van der Waals surface area contributed by atoms with Gasteiger partial charge in [-0.05, 0) is 24.3 Å². The van der Waals surface area contributed by atoms with Crippen molar-refractivity contribution in [2.75, 3.05) is 0 Å². The molecule has 1 aromatic heterocycles. The molecule has 0 amide bonds. The van der Waals surface area contributed by atoms with E-state index in [1.54, 1.807) is 17.5 Å². The molecule has 1 unspecified atom stereocenters. The number of nitrogens with one attached hydrogen (secondary N) is 1. The molecule has 0 aliphatic heterocycles. The molecule has 0 radical (unpaired) electrons. The van der Waals surface area contributed by atoms with E-state index in [1.807, 2.05) is 0 Å². The summed E-state index contributed by atoms with van der Waals surface area (Å²) in [6, 6.07) is 2.17. The fraction of sp³-hybridized carbons (Fsp3) is 0.583. The molecule has 1 atom stereocenters. The van der Waals surface area contributed by atoms with Crippen LogP contribution in [0.1, 0.15) is 43.0 Å². The van der Waals surface area contributed by atoms with Gasteiger partial charge in [-0.2, -0.15) is 4.72 Å². The molecule has 0 bridgehead atoms. The summed E-state index contributed by atoms with van der Waals surface area (Å²) in [5.41, 5.74) is 0. The third-order valence-corrected chi connectivity index (χ3v) is 6.20. The maximum absolute atomic E-state index is 12.2. The lowest BCUT2D eigenvalue weighted by molar-refractivity contribution is -0.139. The number of rotatable bonds is 5. The highest BCUT2D eigenvalue weighted by molar-refractivity contribution is 7.90. The van der Waals surface area contributed by atoms with Crippen molar-refractivity contribution in [1.29, 1.82) is 0 Å². The maximum Gasteiger partial charge on any atom is 0.327 e. The molecule has 7 heteroatoms. The zero-order chi connectivity index (χ0) is 13.9. The number of sulfonamides is 1. The Morgan fingerprint density at radius 2 is 2.05 bits per heavy atom. The van der Waals surface area contributed by atoms with Gasteiger partial charge in [-0.3, -0.25) is 4.79 Å². The van der Waals surface area contributed by atoms with E-state index in [4.69, 9.17) is 0 Å². The molecule has 2 rings (SSSR count). The van der Waals surface area contributed by atoms with E-state index in [1.165, 1.54) is 11.3 Å². The number of aliphatic carboxylic acids is 1. The molecule has 0 saturated heterocycles. The quantitative estimate of drug-likeness (QED) is 0.873. The highest BCUT2D eigenvalue weighted by Gasteiger charge is 2.32. The average molecular weight is 303 g/mol. The van der Waals surface area contributed by atoms with Gasteiger partial charge in [0, 0.05) is 4.88 Å². The van der Waals surface area contributed by atoms with E-state index in [9.17, 15) is 18.3 Å². The minimum atomic E-state index is -3.58. The Morgan fingerprint density at radius 1 is 1.37 bits per heavy atom. The van der Waals surface area contributed by atoms with Crippen LogP contribution >= 0.6 is 11.3 Å². The Balaban J connectivity index is 2.14. The van der Waals surface area contributed by atoms with Crippen molar-refractivity contribution in [3.8, 4) is 0 Å². The van der Waals surface area contributed by atoms with Crippen LogP contribution in [-0.2, 0) is 14.8 Å². The molecule has 0 spiro atoms. The summed E-state index contributed by atoms with van der Waals surface area (Å²) in [6.45, 7) is 0. The van der Waals surface area contributed by atoms with Gasteiger partial charge in [-0.25, -0.2) is 8.42 Å². The molecule has 106 valence electrons. The predicted molar refractivity (Wildman–Crippen MR) is 73.6 cm³/mol. The van der Waals surface area contributed by atoms with Crippen LogP contribution in [0, 0.1) is 0 Å². The minimum Gasteiger partial charge on any atom is -0.480 e. The zero-order valence-corrected chi connectivity index (χ0v) is 12.0. The zero-order valence-electron chi connectivity index (χ0n) is 10.4. The highest BCUT2D eigenvalue weighted by Crippen LogP contribution is 2.26. The Morgan fingerprint density at radius 3 is 2.58 bits per heavy atom. The number of hydrogen-bond acceptors (Lipinski definition) is 4. The fourth-order valence-electron chi connectivity index (χ4n) is 2.32. The molecule has 19 heavy (non-hydrogen) atoms. The van der Waals surface area contributed by atoms with Crippen LogP contribution in [0.25, 0.3) is 0 Å². The Hall–Kier alpha value is -0.920. The summed E-state index contributed by atoms with van der Waals surface area (Å²) >= 11 is 1.24. The van der Waals surface area contributed by atoms with Crippen molar-refractivity contribution < 1.29 is 18.3 Å². The lowest BCUT2D eigenvalue weighted by Crippen LogP contribution is -2.40. The Bertz CT molecular complexity index is 518. The van der Waals surface area contributed by atoms with Crippen LogP contribution < -0.4 is 4.72 Å². The summed E-state index contributed by atoms with van der Waals surface area (Å²) < 4.78 is 26.8. The first-order valence-electron chi connectivity index (χ1n) is 6.28. The van der Waals surface area contributed by atoms with Crippen LogP contribution in [0.3, 0.4) is 0 Å². The molecule has 1 aliphatic rings. The number of carbonyl (C=O) groups is 1. The van der Waals surface area contributed by atoms with Gasteiger partial charge in [0.25, 0.3) is 0 Å². The van der Waals surface area contributed by atoms with Crippen molar-refractivity contribution in [3.05, 3.63) is 22.4 Å². The van der Waals surface area contributed by atoms with Gasteiger partial charge in [-0.1, -0.05) is 25.3 Å². The van der Waals surface area contributed by atoms with E-state index in [2.05, 4.69) is 4.72 Å². The van der Waals surface area contributed by atoms with Gasteiger partial charge in [0.2, 0.25) is 10.0 Å². The van der Waals surface area contributed by atoms with Crippen LogP contribution in [0.2, 0.25) is 0 Å². The largest absolute Gasteiger partial charge is 0.480 e. The fourth-order valence-corrected chi connectivity index (χ4v) is 4.87. The van der Waals surface area contributed by atoms with Crippen molar-refractivity contribution >= 4 is 27.3 Å². The van der Waals surface area contributed by atoms with Gasteiger partial charge in [-0.15, -0.1) is 11.3 Å². The number of hydrogen-bond donors (Lipinski definition) is 2. The molecule has 1 aliphatic carbocycles. The smallest absolute Gasteiger partial charge is 0.327 e. The standard InChI is InChI=1S/C12H17NO4S2/c14-12(15)11(10-7-4-8-18-10)13-19(16,17)9-5-2-1-3-6-9/h4,7-9,11,13H,1-3,5-6H2,(H,14,15). The van der Waals surface area contributed by atoms with E-state index >= 15 is 0 Å². The first kappa shape index (κ1) is 14.5. The first-order chi connectivity index (χ1) is 9.00. The number of thiophene rings is 1. The second kappa shape index (κ2) is 6.02. The normalized spacial score (nSPS) is 19.2. The topological polar surface area (TPSA) is 83.5 Å². The van der Waals surface area contributed by atoms with Gasteiger partial charge < -0.3 is 5.11 Å². The molecule has 1 heterocycles. The van der Waals surface area contributed by atoms with Crippen molar-refractivity contribution in [2.45, 2.75) is 43.4 Å². The monoisotopic (exact) mass is 303 g/mol. The third kappa shape index (κ3) is 3.55. The Labute approximate surface area is 116 Å². The molecular weight excluding hydrogens is 286 g/mol. The molecule has 2 N–H and O–H groups in total. The third-order valence-electron chi connectivity index (χ3n) is 3.35. The van der Waals surface area contributed by atoms with Gasteiger partial charge in [0.1, 0.15) is 0 Å². The van der Waals surface area contributed by atoms with E-state index in [-0.39, 0.29) is 0 Å². The van der Waals surface area contributed by atoms with Crippen molar-refractivity contribution in [3.63, 3.8) is 0 Å². The SMILES string of the molecule is O=C(O)C(NS(=O)(=O)C1CCCCC1)c1cccs1. The highest BCUT2D eigenvalue weighted by atomic mass is 32.2. The summed E-state index contributed by atoms with van der Waals surface area (Å²) in [4.78, 5) is 11.7. The second-order valence-electron chi connectivity index (χ2n) is 4.71. The summed E-state index contributed by atoms with van der Waals surface area (Å²) in [6.07, 6.45) is 4.07. The summed E-state index contributed by atoms with van der Waals surface area (Å²) in [7, 11) is -3.58. The van der Waals surface area contributed by atoms with E-state index < -0.39 is 27.3 Å². The summed E-state index contributed by atoms with van der Waals surface area (Å²) in [5, 5.41) is 10.5. The minimum absolute atomic E-state index is 0.455. The molecular formula is C12H17NO4S2. The molecule has 0 aromatic carbocycles.